The van der Waals surface area contributed by atoms with Crippen LogP contribution >= 0.6 is 0 Å². The Hall–Kier alpha value is -1.57. The first-order valence-electron chi connectivity index (χ1n) is 9.27. The fourth-order valence-corrected chi connectivity index (χ4v) is 4.36. The Labute approximate surface area is 148 Å². The predicted molar refractivity (Wildman–Crippen MR) is 91.2 cm³/mol. The molecule has 136 valence electrons. The number of rotatable bonds is 5. The fraction of sp³-hybridized carbons (Fsp3) is 0.722. The van der Waals surface area contributed by atoms with Crippen LogP contribution in [-0.2, 0) is 9.47 Å². The molecule has 1 aromatic rings. The molecule has 0 radical (unpaired) electrons. The van der Waals surface area contributed by atoms with Crippen molar-refractivity contribution in [2.75, 3.05) is 39.5 Å². The summed E-state index contributed by atoms with van der Waals surface area (Å²) in [4.78, 5) is 22.6. The SMILES string of the molecule is O=C(NCCC1CCOC12CN(C1CCOCC1)C2)c1cnccn1. The first-order valence-corrected chi connectivity index (χ1v) is 9.27. The fourth-order valence-electron chi connectivity index (χ4n) is 4.36. The number of aromatic nitrogens is 2. The van der Waals surface area contributed by atoms with Gasteiger partial charge in [0.05, 0.1) is 11.8 Å². The maximum absolute atomic E-state index is 12.1. The molecule has 4 heterocycles. The Balaban J connectivity index is 1.25. The summed E-state index contributed by atoms with van der Waals surface area (Å²) in [5.74, 6) is 0.365. The summed E-state index contributed by atoms with van der Waals surface area (Å²) in [6.45, 7) is 5.31. The number of carbonyl (C=O) groups is 1. The lowest BCUT2D eigenvalue weighted by Gasteiger charge is -2.54. The smallest absolute Gasteiger partial charge is 0.271 e. The minimum atomic E-state index is -0.154. The summed E-state index contributed by atoms with van der Waals surface area (Å²) in [5, 5.41) is 2.96. The summed E-state index contributed by atoms with van der Waals surface area (Å²) in [7, 11) is 0. The number of hydrogen-bond donors (Lipinski definition) is 1. The molecule has 0 saturated carbocycles. The summed E-state index contributed by atoms with van der Waals surface area (Å²) < 4.78 is 11.6. The Bertz CT molecular complexity index is 585. The van der Waals surface area contributed by atoms with Crippen LogP contribution in [0.15, 0.2) is 18.6 Å². The molecule has 4 rings (SSSR count). The lowest BCUT2D eigenvalue weighted by molar-refractivity contribution is -0.156. The second kappa shape index (κ2) is 7.35. The topological polar surface area (TPSA) is 76.6 Å². The van der Waals surface area contributed by atoms with Gasteiger partial charge in [0.2, 0.25) is 0 Å². The second-order valence-corrected chi connectivity index (χ2v) is 7.28. The van der Waals surface area contributed by atoms with Crippen LogP contribution in [0.3, 0.4) is 0 Å². The second-order valence-electron chi connectivity index (χ2n) is 7.28. The molecule has 3 aliphatic rings. The molecule has 1 N–H and O–H groups in total. The van der Waals surface area contributed by atoms with Crippen LogP contribution in [0.5, 0.6) is 0 Å². The van der Waals surface area contributed by atoms with Gasteiger partial charge in [-0.1, -0.05) is 0 Å². The molecule has 1 aromatic heterocycles. The zero-order valence-corrected chi connectivity index (χ0v) is 14.5. The summed E-state index contributed by atoms with van der Waals surface area (Å²) in [6.07, 6.45) is 8.90. The van der Waals surface area contributed by atoms with Crippen LogP contribution in [0.4, 0.5) is 0 Å². The number of ether oxygens (including phenoxy) is 2. The molecule has 0 aliphatic carbocycles. The minimum Gasteiger partial charge on any atom is -0.381 e. The highest BCUT2D eigenvalue weighted by atomic mass is 16.5. The van der Waals surface area contributed by atoms with Gasteiger partial charge in [0.15, 0.2) is 0 Å². The summed E-state index contributed by atoms with van der Waals surface area (Å²) in [5.41, 5.74) is 0.379. The van der Waals surface area contributed by atoms with Crippen LogP contribution in [0.2, 0.25) is 0 Å². The highest BCUT2D eigenvalue weighted by Crippen LogP contribution is 2.43. The quantitative estimate of drug-likeness (QED) is 0.852. The molecular formula is C18H26N4O3. The van der Waals surface area contributed by atoms with Gasteiger partial charge in [-0.25, -0.2) is 4.98 Å². The first-order chi connectivity index (χ1) is 12.3. The van der Waals surface area contributed by atoms with Gasteiger partial charge in [0, 0.05) is 57.9 Å². The maximum Gasteiger partial charge on any atom is 0.271 e. The third-order valence-corrected chi connectivity index (χ3v) is 5.82. The van der Waals surface area contributed by atoms with Crippen LogP contribution in [0.25, 0.3) is 0 Å². The lowest BCUT2D eigenvalue weighted by atomic mass is 9.77. The minimum absolute atomic E-state index is 0.00951. The first kappa shape index (κ1) is 16.9. The van der Waals surface area contributed by atoms with E-state index < -0.39 is 0 Å². The molecule has 3 saturated heterocycles. The van der Waals surface area contributed by atoms with Crippen molar-refractivity contribution in [1.82, 2.24) is 20.2 Å². The zero-order chi connectivity index (χ0) is 17.1. The Morgan fingerprint density at radius 1 is 1.24 bits per heavy atom. The van der Waals surface area contributed by atoms with Crippen LogP contribution in [0.1, 0.15) is 36.2 Å². The van der Waals surface area contributed by atoms with E-state index in [4.69, 9.17) is 9.47 Å². The third kappa shape index (κ3) is 3.54. The predicted octanol–water partition coefficient (Wildman–Crippen LogP) is 0.866. The van der Waals surface area contributed by atoms with Gasteiger partial charge < -0.3 is 14.8 Å². The molecule has 1 atom stereocenters. The van der Waals surface area contributed by atoms with Crippen LogP contribution in [-0.4, -0.2) is 71.9 Å². The molecular weight excluding hydrogens is 320 g/mol. The largest absolute Gasteiger partial charge is 0.381 e. The maximum atomic E-state index is 12.1. The van der Waals surface area contributed by atoms with Gasteiger partial charge in [-0.05, 0) is 31.6 Å². The third-order valence-electron chi connectivity index (χ3n) is 5.82. The number of nitrogens with one attached hydrogen (secondary N) is 1. The van der Waals surface area contributed by atoms with Crippen molar-refractivity contribution in [2.45, 2.75) is 37.3 Å². The standard InChI is InChI=1S/C18H26N4O3/c23-17(16-11-19-6-7-20-16)21-5-1-14-2-10-25-18(14)12-22(13-18)15-3-8-24-9-4-15/h6-7,11,14-15H,1-5,8-10,12-13H2,(H,21,23). The van der Waals surface area contributed by atoms with Gasteiger partial charge >= 0.3 is 0 Å². The molecule has 3 aliphatic heterocycles. The van der Waals surface area contributed by atoms with Gasteiger partial charge in [-0.2, -0.15) is 0 Å². The van der Waals surface area contributed by atoms with Crippen molar-refractivity contribution < 1.29 is 14.3 Å². The molecule has 0 aromatic carbocycles. The number of hydrogen-bond acceptors (Lipinski definition) is 6. The van der Waals surface area contributed by atoms with Crippen molar-refractivity contribution in [3.05, 3.63) is 24.3 Å². The Morgan fingerprint density at radius 2 is 2.08 bits per heavy atom. The molecule has 7 nitrogen and oxygen atoms in total. The van der Waals surface area contributed by atoms with E-state index in [-0.39, 0.29) is 11.5 Å². The zero-order valence-electron chi connectivity index (χ0n) is 14.5. The van der Waals surface area contributed by atoms with Crippen LogP contribution < -0.4 is 5.32 Å². The highest BCUT2D eigenvalue weighted by Gasteiger charge is 2.53. The van der Waals surface area contributed by atoms with Crippen molar-refractivity contribution in [1.29, 1.82) is 0 Å². The van der Waals surface area contributed by atoms with Gasteiger partial charge in [-0.15, -0.1) is 0 Å². The Morgan fingerprint density at radius 3 is 2.84 bits per heavy atom. The van der Waals surface area contributed by atoms with E-state index >= 15 is 0 Å². The van der Waals surface area contributed by atoms with E-state index in [9.17, 15) is 4.79 Å². The number of amides is 1. The molecule has 3 fully saturated rings. The van der Waals surface area contributed by atoms with Gasteiger partial charge in [-0.3, -0.25) is 14.7 Å². The molecule has 25 heavy (non-hydrogen) atoms. The van der Waals surface area contributed by atoms with Gasteiger partial charge in [0.25, 0.3) is 5.91 Å². The molecule has 1 spiro atoms. The average Bonchev–Trinajstić information content (AvgIpc) is 3.06. The number of carbonyl (C=O) groups excluding carboxylic acids is 1. The van der Waals surface area contributed by atoms with E-state index in [2.05, 4.69) is 20.2 Å². The molecule has 1 amide bonds. The van der Waals surface area contributed by atoms with Crippen molar-refractivity contribution >= 4 is 5.91 Å². The van der Waals surface area contributed by atoms with Crippen molar-refractivity contribution in [3.8, 4) is 0 Å². The van der Waals surface area contributed by atoms with E-state index in [0.717, 1.165) is 58.6 Å². The molecule has 0 bridgehead atoms. The Kier molecular flexibility index (Phi) is 4.96. The average molecular weight is 346 g/mol. The normalized spacial score (nSPS) is 26.5. The molecule has 1 unspecified atom stereocenters. The lowest BCUT2D eigenvalue weighted by Crippen LogP contribution is -2.67. The number of nitrogens with zero attached hydrogens (tertiary/aromatic N) is 3. The van der Waals surface area contributed by atoms with E-state index in [1.165, 1.54) is 12.4 Å². The van der Waals surface area contributed by atoms with E-state index in [1.807, 2.05) is 0 Å². The summed E-state index contributed by atoms with van der Waals surface area (Å²) >= 11 is 0. The van der Waals surface area contributed by atoms with Crippen LogP contribution in [0, 0.1) is 5.92 Å². The van der Waals surface area contributed by atoms with E-state index in [1.54, 1.807) is 6.20 Å². The summed E-state index contributed by atoms with van der Waals surface area (Å²) in [6, 6.07) is 0.653. The van der Waals surface area contributed by atoms with Crippen molar-refractivity contribution in [2.24, 2.45) is 5.92 Å². The monoisotopic (exact) mass is 346 g/mol. The molecule has 7 heteroatoms. The van der Waals surface area contributed by atoms with E-state index in [0.29, 0.717) is 24.2 Å². The van der Waals surface area contributed by atoms with Crippen molar-refractivity contribution in [3.63, 3.8) is 0 Å². The highest BCUT2D eigenvalue weighted by molar-refractivity contribution is 5.91. The van der Waals surface area contributed by atoms with Gasteiger partial charge in [0.1, 0.15) is 5.69 Å². The number of likely N-dealkylation sites (tertiary alicyclic amines) is 1.